The minimum absolute atomic E-state index is 0.978. The number of ether oxygens (including phenoxy) is 1. The maximum Gasteiger partial charge on any atom is 0.127 e. The molecule has 0 N–H and O–H groups in total. The molecule has 2 rings (SSSR count). The molecule has 0 unspecified atom stereocenters. The standard InChI is InChI=1S/C10H10OS/c1-7-6-12-9-5-3-4-8(11-2)10(7)9/h3-6H,1-2H3. The van der Waals surface area contributed by atoms with E-state index in [9.17, 15) is 0 Å². The highest BCUT2D eigenvalue weighted by molar-refractivity contribution is 7.17. The van der Waals surface area contributed by atoms with Crippen molar-refractivity contribution in [2.45, 2.75) is 6.92 Å². The summed E-state index contributed by atoms with van der Waals surface area (Å²) in [6.45, 7) is 2.11. The number of hydrogen-bond acceptors (Lipinski definition) is 2. The van der Waals surface area contributed by atoms with Gasteiger partial charge in [-0.25, -0.2) is 0 Å². The first-order valence-corrected chi connectivity index (χ1v) is 4.71. The van der Waals surface area contributed by atoms with Gasteiger partial charge in [0.1, 0.15) is 5.75 Å². The van der Waals surface area contributed by atoms with Gasteiger partial charge in [-0.2, -0.15) is 0 Å². The monoisotopic (exact) mass is 178 g/mol. The molecule has 12 heavy (non-hydrogen) atoms. The van der Waals surface area contributed by atoms with Crippen LogP contribution in [-0.2, 0) is 0 Å². The van der Waals surface area contributed by atoms with Crippen LogP contribution in [0.4, 0.5) is 0 Å². The second-order valence-electron chi connectivity index (χ2n) is 2.75. The number of hydrogen-bond donors (Lipinski definition) is 0. The summed E-state index contributed by atoms with van der Waals surface area (Å²) < 4.78 is 6.57. The van der Waals surface area contributed by atoms with Crippen LogP contribution in [0.1, 0.15) is 5.56 Å². The Hall–Kier alpha value is -1.02. The van der Waals surface area contributed by atoms with E-state index in [4.69, 9.17) is 4.74 Å². The molecule has 0 fully saturated rings. The molecular formula is C10H10OS. The van der Waals surface area contributed by atoms with Crippen molar-refractivity contribution in [2.75, 3.05) is 7.11 Å². The van der Waals surface area contributed by atoms with Gasteiger partial charge in [0.05, 0.1) is 7.11 Å². The van der Waals surface area contributed by atoms with Gasteiger partial charge in [0, 0.05) is 10.1 Å². The normalized spacial score (nSPS) is 10.5. The van der Waals surface area contributed by atoms with Gasteiger partial charge in [0.25, 0.3) is 0 Å². The summed E-state index contributed by atoms with van der Waals surface area (Å²) >= 11 is 1.76. The predicted octanol–water partition coefficient (Wildman–Crippen LogP) is 3.22. The third-order valence-corrected chi connectivity index (χ3v) is 3.03. The van der Waals surface area contributed by atoms with Crippen LogP contribution in [0.5, 0.6) is 5.75 Å². The van der Waals surface area contributed by atoms with E-state index in [2.05, 4.69) is 18.4 Å². The Bertz CT molecular complexity index is 403. The Morgan fingerprint density at radius 1 is 1.33 bits per heavy atom. The molecule has 1 nitrogen and oxygen atoms in total. The molecule has 0 atom stereocenters. The zero-order valence-corrected chi connectivity index (χ0v) is 7.94. The maximum absolute atomic E-state index is 5.27. The minimum Gasteiger partial charge on any atom is -0.496 e. The van der Waals surface area contributed by atoms with Crippen molar-refractivity contribution in [3.05, 3.63) is 29.1 Å². The Balaban J connectivity index is 2.84. The van der Waals surface area contributed by atoms with Gasteiger partial charge in [-0.15, -0.1) is 11.3 Å². The Morgan fingerprint density at radius 3 is 2.92 bits per heavy atom. The molecule has 1 aromatic heterocycles. The SMILES string of the molecule is COc1cccc2scc(C)c12. The first kappa shape index (κ1) is 7.62. The predicted molar refractivity (Wildman–Crippen MR) is 53.1 cm³/mol. The van der Waals surface area contributed by atoms with Crippen molar-refractivity contribution >= 4 is 21.4 Å². The van der Waals surface area contributed by atoms with Crippen LogP contribution in [0.15, 0.2) is 23.6 Å². The number of aryl methyl sites for hydroxylation is 1. The summed E-state index contributed by atoms with van der Waals surface area (Å²) in [6, 6.07) is 6.15. The lowest BCUT2D eigenvalue weighted by Gasteiger charge is -2.01. The van der Waals surface area contributed by atoms with Crippen molar-refractivity contribution in [2.24, 2.45) is 0 Å². The smallest absolute Gasteiger partial charge is 0.127 e. The summed E-state index contributed by atoms with van der Waals surface area (Å²) in [6.07, 6.45) is 0. The largest absolute Gasteiger partial charge is 0.496 e. The van der Waals surface area contributed by atoms with Crippen LogP contribution >= 0.6 is 11.3 Å². The molecule has 0 aliphatic heterocycles. The summed E-state index contributed by atoms with van der Waals surface area (Å²) in [5.74, 6) is 0.978. The highest BCUT2D eigenvalue weighted by Crippen LogP contribution is 2.32. The third-order valence-electron chi connectivity index (χ3n) is 1.96. The number of thiophene rings is 1. The summed E-state index contributed by atoms with van der Waals surface area (Å²) in [4.78, 5) is 0. The average Bonchev–Trinajstić information content (AvgIpc) is 2.48. The zero-order chi connectivity index (χ0) is 8.55. The summed E-state index contributed by atoms with van der Waals surface area (Å²) in [5.41, 5.74) is 1.30. The molecule has 0 saturated heterocycles. The molecule has 0 amide bonds. The van der Waals surface area contributed by atoms with Gasteiger partial charge in [-0.05, 0) is 30.0 Å². The number of fused-ring (bicyclic) bond motifs is 1. The molecule has 2 heteroatoms. The van der Waals surface area contributed by atoms with Gasteiger partial charge in [0.2, 0.25) is 0 Å². The first-order valence-electron chi connectivity index (χ1n) is 3.83. The van der Waals surface area contributed by atoms with Gasteiger partial charge >= 0.3 is 0 Å². The highest BCUT2D eigenvalue weighted by atomic mass is 32.1. The fourth-order valence-electron chi connectivity index (χ4n) is 1.38. The molecule has 0 saturated carbocycles. The maximum atomic E-state index is 5.27. The fourth-order valence-corrected chi connectivity index (χ4v) is 2.34. The van der Waals surface area contributed by atoms with E-state index in [1.807, 2.05) is 12.1 Å². The zero-order valence-electron chi connectivity index (χ0n) is 7.13. The van der Waals surface area contributed by atoms with E-state index in [0.717, 1.165) is 5.75 Å². The molecule has 1 heterocycles. The van der Waals surface area contributed by atoms with Crippen LogP contribution in [0.3, 0.4) is 0 Å². The van der Waals surface area contributed by atoms with Crippen molar-refractivity contribution in [3.8, 4) is 5.75 Å². The fraction of sp³-hybridized carbons (Fsp3) is 0.200. The molecule has 0 bridgehead atoms. The first-order chi connectivity index (χ1) is 5.83. The van der Waals surface area contributed by atoms with Crippen LogP contribution in [0, 0.1) is 6.92 Å². The molecular weight excluding hydrogens is 168 g/mol. The Kier molecular flexibility index (Phi) is 1.77. The minimum atomic E-state index is 0.978. The van der Waals surface area contributed by atoms with Gasteiger partial charge < -0.3 is 4.74 Å². The average molecular weight is 178 g/mol. The van der Waals surface area contributed by atoms with Crippen molar-refractivity contribution in [1.82, 2.24) is 0 Å². The van der Waals surface area contributed by atoms with E-state index < -0.39 is 0 Å². The van der Waals surface area contributed by atoms with Crippen LogP contribution < -0.4 is 4.74 Å². The molecule has 0 radical (unpaired) electrons. The van der Waals surface area contributed by atoms with Crippen LogP contribution in [0.25, 0.3) is 10.1 Å². The van der Waals surface area contributed by atoms with E-state index in [0.29, 0.717) is 0 Å². The second kappa shape index (κ2) is 2.79. The second-order valence-corrected chi connectivity index (χ2v) is 3.66. The van der Waals surface area contributed by atoms with E-state index in [-0.39, 0.29) is 0 Å². The molecule has 0 aliphatic carbocycles. The van der Waals surface area contributed by atoms with E-state index in [1.54, 1.807) is 18.4 Å². The van der Waals surface area contributed by atoms with Gasteiger partial charge in [0.15, 0.2) is 0 Å². The molecule has 1 aromatic carbocycles. The third kappa shape index (κ3) is 0.994. The lowest BCUT2D eigenvalue weighted by atomic mass is 10.2. The van der Waals surface area contributed by atoms with Crippen LogP contribution in [0.2, 0.25) is 0 Å². The van der Waals surface area contributed by atoms with E-state index >= 15 is 0 Å². The lowest BCUT2D eigenvalue weighted by molar-refractivity contribution is 0.420. The molecule has 2 aromatic rings. The van der Waals surface area contributed by atoms with Crippen molar-refractivity contribution in [1.29, 1.82) is 0 Å². The highest BCUT2D eigenvalue weighted by Gasteiger charge is 2.04. The van der Waals surface area contributed by atoms with Crippen LogP contribution in [-0.4, -0.2) is 7.11 Å². The summed E-state index contributed by atoms with van der Waals surface area (Å²) in [7, 11) is 1.71. The lowest BCUT2D eigenvalue weighted by Crippen LogP contribution is -1.82. The molecule has 62 valence electrons. The van der Waals surface area contributed by atoms with E-state index in [1.165, 1.54) is 15.6 Å². The Labute approximate surface area is 75.6 Å². The molecule has 0 spiro atoms. The Morgan fingerprint density at radius 2 is 2.17 bits per heavy atom. The number of methoxy groups -OCH3 is 1. The van der Waals surface area contributed by atoms with Crippen molar-refractivity contribution in [3.63, 3.8) is 0 Å². The quantitative estimate of drug-likeness (QED) is 0.651. The topological polar surface area (TPSA) is 9.23 Å². The van der Waals surface area contributed by atoms with Gasteiger partial charge in [-0.3, -0.25) is 0 Å². The number of benzene rings is 1. The molecule has 0 aliphatic rings. The van der Waals surface area contributed by atoms with Crippen molar-refractivity contribution < 1.29 is 4.74 Å². The number of rotatable bonds is 1. The van der Waals surface area contributed by atoms with Gasteiger partial charge in [-0.1, -0.05) is 6.07 Å². The summed E-state index contributed by atoms with van der Waals surface area (Å²) in [5, 5.41) is 3.41.